The molecule has 2 aromatic rings. The molecular formula is C15H17Cl2N5S. The number of hydrogen-bond acceptors (Lipinski definition) is 3. The summed E-state index contributed by atoms with van der Waals surface area (Å²) in [6.07, 6.45) is 0.965. The number of hydrogen-bond donors (Lipinski definition) is 3. The van der Waals surface area contributed by atoms with Gasteiger partial charge in [0.25, 0.3) is 0 Å². The fourth-order valence-corrected chi connectivity index (χ4v) is 2.94. The topological polar surface area (TPSA) is 88.8 Å². The number of thiophene rings is 1. The van der Waals surface area contributed by atoms with Crippen molar-refractivity contribution < 1.29 is 0 Å². The van der Waals surface area contributed by atoms with Crippen molar-refractivity contribution in [3.63, 3.8) is 0 Å². The number of benzene rings is 1. The largest absolute Gasteiger partial charge is 0.370 e. The van der Waals surface area contributed by atoms with Crippen LogP contribution in [0.15, 0.2) is 39.6 Å². The monoisotopic (exact) mass is 369 g/mol. The third kappa shape index (κ3) is 5.42. The first-order valence-electron chi connectivity index (χ1n) is 6.90. The molecule has 1 aromatic carbocycles. The van der Waals surface area contributed by atoms with Crippen LogP contribution in [0.2, 0.25) is 10.0 Å². The Labute approximate surface area is 149 Å². The SMILES string of the molecule is CCc1csc(N=C(N)NC(N)=NCc2ccc(Cl)c(Cl)c2)c1. The second-order valence-electron chi connectivity index (χ2n) is 4.72. The van der Waals surface area contributed by atoms with Gasteiger partial charge in [-0.05, 0) is 41.1 Å². The molecule has 0 saturated heterocycles. The van der Waals surface area contributed by atoms with Gasteiger partial charge in [-0.2, -0.15) is 0 Å². The van der Waals surface area contributed by atoms with E-state index < -0.39 is 0 Å². The number of halogens is 2. The number of nitrogens with one attached hydrogen (secondary N) is 1. The van der Waals surface area contributed by atoms with Gasteiger partial charge in [-0.1, -0.05) is 36.2 Å². The molecule has 0 unspecified atom stereocenters. The van der Waals surface area contributed by atoms with Crippen molar-refractivity contribution in [1.82, 2.24) is 5.32 Å². The van der Waals surface area contributed by atoms with Crippen molar-refractivity contribution in [2.45, 2.75) is 19.9 Å². The third-order valence-electron chi connectivity index (χ3n) is 2.95. The standard InChI is InChI=1S/C15H17Cl2N5S/c1-2-9-6-13(23-8-9)21-15(19)22-14(18)20-7-10-3-4-11(16)12(17)5-10/h3-6,8H,2,7H2,1H3,(H5,18,19,20,21,22). The van der Waals surface area contributed by atoms with Crippen LogP contribution in [0.25, 0.3) is 0 Å². The number of nitrogens with zero attached hydrogens (tertiary/aromatic N) is 2. The zero-order valence-corrected chi connectivity index (χ0v) is 14.8. The van der Waals surface area contributed by atoms with Gasteiger partial charge in [0, 0.05) is 0 Å². The molecule has 5 nitrogen and oxygen atoms in total. The minimum absolute atomic E-state index is 0.185. The van der Waals surface area contributed by atoms with Gasteiger partial charge in [0.05, 0.1) is 16.6 Å². The number of aryl methyl sites for hydroxylation is 1. The van der Waals surface area contributed by atoms with Crippen LogP contribution < -0.4 is 16.8 Å². The van der Waals surface area contributed by atoms with E-state index in [1.165, 1.54) is 16.9 Å². The molecule has 23 heavy (non-hydrogen) atoms. The van der Waals surface area contributed by atoms with Crippen LogP contribution in [0.3, 0.4) is 0 Å². The molecule has 1 heterocycles. The van der Waals surface area contributed by atoms with Gasteiger partial charge < -0.3 is 11.5 Å². The highest BCUT2D eigenvalue weighted by Crippen LogP contribution is 2.24. The highest BCUT2D eigenvalue weighted by atomic mass is 35.5. The molecule has 0 fully saturated rings. The van der Waals surface area contributed by atoms with Crippen LogP contribution in [0.4, 0.5) is 5.00 Å². The van der Waals surface area contributed by atoms with Gasteiger partial charge in [0.1, 0.15) is 5.00 Å². The lowest BCUT2D eigenvalue weighted by atomic mass is 10.2. The Morgan fingerprint density at radius 2 is 1.91 bits per heavy atom. The van der Waals surface area contributed by atoms with E-state index in [-0.39, 0.29) is 11.9 Å². The van der Waals surface area contributed by atoms with Crippen LogP contribution >= 0.6 is 34.5 Å². The number of nitrogens with two attached hydrogens (primary N) is 2. The maximum atomic E-state index is 5.95. The van der Waals surface area contributed by atoms with Gasteiger partial charge in [0.15, 0.2) is 5.96 Å². The zero-order chi connectivity index (χ0) is 16.8. The minimum Gasteiger partial charge on any atom is -0.370 e. The lowest BCUT2D eigenvalue weighted by Crippen LogP contribution is -2.41. The molecule has 0 amide bonds. The molecule has 0 aliphatic rings. The first-order chi connectivity index (χ1) is 11.0. The highest BCUT2D eigenvalue weighted by molar-refractivity contribution is 7.14. The second kappa shape index (κ2) is 8.19. The molecule has 5 N–H and O–H groups in total. The Kier molecular flexibility index (Phi) is 6.27. The normalized spacial score (nSPS) is 12.5. The van der Waals surface area contributed by atoms with E-state index in [4.69, 9.17) is 34.7 Å². The minimum atomic E-state index is 0.185. The smallest absolute Gasteiger partial charge is 0.201 e. The van der Waals surface area contributed by atoms with Crippen LogP contribution in [0.1, 0.15) is 18.1 Å². The van der Waals surface area contributed by atoms with Gasteiger partial charge >= 0.3 is 0 Å². The average molecular weight is 370 g/mol. The van der Waals surface area contributed by atoms with Gasteiger partial charge in [0.2, 0.25) is 5.96 Å². The zero-order valence-electron chi connectivity index (χ0n) is 12.5. The summed E-state index contributed by atoms with van der Waals surface area (Å²) in [4.78, 5) is 8.44. The molecule has 0 bridgehead atoms. The molecule has 1 aromatic heterocycles. The van der Waals surface area contributed by atoms with E-state index in [0.29, 0.717) is 16.6 Å². The van der Waals surface area contributed by atoms with Crippen LogP contribution in [-0.4, -0.2) is 11.9 Å². The van der Waals surface area contributed by atoms with Gasteiger partial charge in [-0.15, -0.1) is 11.3 Å². The molecule has 0 aliphatic carbocycles. The first-order valence-corrected chi connectivity index (χ1v) is 8.54. The summed E-state index contributed by atoms with van der Waals surface area (Å²) in [6, 6.07) is 7.29. The number of aliphatic imine (C=N–C) groups is 2. The molecule has 122 valence electrons. The summed E-state index contributed by atoms with van der Waals surface area (Å²) in [7, 11) is 0. The summed E-state index contributed by atoms with van der Waals surface area (Å²) in [5.74, 6) is 0.384. The molecule has 0 atom stereocenters. The predicted octanol–water partition coefficient (Wildman–Crippen LogP) is 3.67. The average Bonchev–Trinajstić information content (AvgIpc) is 2.96. The number of guanidine groups is 2. The third-order valence-corrected chi connectivity index (χ3v) is 4.56. The molecule has 0 saturated carbocycles. The first kappa shape index (κ1) is 17.6. The summed E-state index contributed by atoms with van der Waals surface area (Å²) < 4.78 is 0. The van der Waals surface area contributed by atoms with Crippen LogP contribution in [0.5, 0.6) is 0 Å². The van der Waals surface area contributed by atoms with Crippen molar-refractivity contribution in [2.75, 3.05) is 0 Å². The number of rotatable bonds is 4. The summed E-state index contributed by atoms with van der Waals surface area (Å²) in [5, 5.41) is 6.61. The Balaban J connectivity index is 1.96. The van der Waals surface area contributed by atoms with E-state index in [0.717, 1.165) is 17.0 Å². The summed E-state index contributed by atoms with van der Waals surface area (Å²) in [5.41, 5.74) is 13.7. The Bertz CT molecular complexity index is 739. The molecule has 2 rings (SSSR count). The van der Waals surface area contributed by atoms with Crippen molar-refractivity contribution in [2.24, 2.45) is 21.5 Å². The van der Waals surface area contributed by atoms with E-state index in [1.807, 2.05) is 17.5 Å². The Hall–Kier alpha value is -1.76. The Morgan fingerprint density at radius 3 is 2.57 bits per heavy atom. The fraction of sp³-hybridized carbons (Fsp3) is 0.200. The summed E-state index contributed by atoms with van der Waals surface area (Å²) in [6.45, 7) is 2.45. The Morgan fingerprint density at radius 1 is 1.13 bits per heavy atom. The van der Waals surface area contributed by atoms with Crippen LogP contribution in [0, 0.1) is 0 Å². The molecule has 0 spiro atoms. The maximum Gasteiger partial charge on any atom is 0.201 e. The van der Waals surface area contributed by atoms with Crippen molar-refractivity contribution in [3.8, 4) is 0 Å². The van der Waals surface area contributed by atoms with Crippen molar-refractivity contribution in [1.29, 1.82) is 0 Å². The van der Waals surface area contributed by atoms with Gasteiger partial charge in [-0.3, -0.25) is 5.32 Å². The predicted molar refractivity (Wildman–Crippen MR) is 99.9 cm³/mol. The highest BCUT2D eigenvalue weighted by Gasteiger charge is 2.01. The second-order valence-corrected chi connectivity index (χ2v) is 6.42. The molecule has 8 heteroatoms. The van der Waals surface area contributed by atoms with Crippen molar-refractivity contribution >= 4 is 51.5 Å². The maximum absolute atomic E-state index is 5.95. The molecule has 0 aliphatic heterocycles. The summed E-state index contributed by atoms with van der Waals surface area (Å²) >= 11 is 13.3. The van der Waals surface area contributed by atoms with E-state index in [1.54, 1.807) is 12.1 Å². The lowest BCUT2D eigenvalue weighted by Gasteiger charge is -2.05. The quantitative estimate of drug-likeness (QED) is 0.567. The van der Waals surface area contributed by atoms with E-state index >= 15 is 0 Å². The molecule has 0 radical (unpaired) electrons. The fourth-order valence-electron chi connectivity index (χ4n) is 1.74. The van der Waals surface area contributed by atoms with E-state index in [2.05, 4.69) is 22.2 Å². The van der Waals surface area contributed by atoms with Crippen LogP contribution in [-0.2, 0) is 13.0 Å². The van der Waals surface area contributed by atoms with Crippen molar-refractivity contribution in [3.05, 3.63) is 50.8 Å². The van der Waals surface area contributed by atoms with Gasteiger partial charge in [-0.25, -0.2) is 9.98 Å². The lowest BCUT2D eigenvalue weighted by molar-refractivity contribution is 1.04. The molecular weight excluding hydrogens is 353 g/mol. The van der Waals surface area contributed by atoms with E-state index in [9.17, 15) is 0 Å².